The summed E-state index contributed by atoms with van der Waals surface area (Å²) in [6.07, 6.45) is -1.50. The molecule has 1 aromatic heterocycles. The Labute approximate surface area is 207 Å². The zero-order chi connectivity index (χ0) is 24.9. The van der Waals surface area contributed by atoms with E-state index in [-0.39, 0.29) is 27.7 Å². The van der Waals surface area contributed by atoms with Crippen LogP contribution in [0.5, 0.6) is 5.75 Å². The van der Waals surface area contributed by atoms with Gasteiger partial charge in [-0.05, 0) is 66.6 Å². The monoisotopic (exact) mass is 546 g/mol. The minimum Gasteiger partial charge on any atom is -0.496 e. The van der Waals surface area contributed by atoms with Gasteiger partial charge in [0.25, 0.3) is 0 Å². The van der Waals surface area contributed by atoms with Crippen LogP contribution in [0.15, 0.2) is 64.1 Å². The quantitative estimate of drug-likeness (QED) is 0.177. The van der Waals surface area contributed by atoms with Gasteiger partial charge in [0.15, 0.2) is 5.78 Å². The van der Waals surface area contributed by atoms with Crippen LogP contribution in [0, 0.1) is 18.3 Å². The van der Waals surface area contributed by atoms with Gasteiger partial charge >= 0.3 is 6.18 Å². The van der Waals surface area contributed by atoms with Crippen LogP contribution in [-0.4, -0.2) is 17.9 Å². The Bertz CT molecular complexity index is 1280. The maximum absolute atomic E-state index is 13.2. The molecule has 174 valence electrons. The zero-order valence-corrected chi connectivity index (χ0v) is 20.5. The number of aromatic nitrogens is 1. The Morgan fingerprint density at radius 2 is 1.91 bits per heavy atom. The van der Waals surface area contributed by atoms with Crippen molar-refractivity contribution in [3.63, 3.8) is 0 Å². The summed E-state index contributed by atoms with van der Waals surface area (Å²) in [5.41, 5.74) is 1.22. The van der Waals surface area contributed by atoms with Crippen molar-refractivity contribution in [3.8, 4) is 11.8 Å². The van der Waals surface area contributed by atoms with Crippen molar-refractivity contribution < 1.29 is 22.7 Å². The van der Waals surface area contributed by atoms with E-state index in [1.807, 2.05) is 6.07 Å². The second-order valence-corrected chi connectivity index (χ2v) is 9.06. The number of nitriles is 1. The summed E-state index contributed by atoms with van der Waals surface area (Å²) < 4.78 is 45.8. The van der Waals surface area contributed by atoms with Gasteiger partial charge in [-0.1, -0.05) is 28.1 Å². The number of ether oxygens (including phenoxy) is 1. The number of ketones is 1. The highest BCUT2D eigenvalue weighted by Crippen LogP contribution is 2.35. The van der Waals surface area contributed by atoms with Gasteiger partial charge in [-0.15, -0.1) is 11.8 Å². The van der Waals surface area contributed by atoms with E-state index in [0.717, 1.165) is 27.9 Å². The van der Waals surface area contributed by atoms with Crippen LogP contribution in [0.1, 0.15) is 38.3 Å². The first-order valence-corrected chi connectivity index (χ1v) is 11.7. The average molecular weight is 547 g/mol. The number of alkyl halides is 3. The third-order valence-corrected chi connectivity index (χ3v) is 6.36. The number of allylic oxidation sites excluding steroid dienone is 1. The van der Waals surface area contributed by atoms with E-state index in [1.165, 1.54) is 20.1 Å². The molecule has 1 heterocycles. The molecule has 2 aromatic carbocycles. The Morgan fingerprint density at radius 3 is 2.53 bits per heavy atom. The van der Waals surface area contributed by atoms with Crippen molar-refractivity contribution >= 4 is 39.6 Å². The molecule has 9 heteroatoms. The number of rotatable bonds is 7. The second kappa shape index (κ2) is 10.9. The molecule has 0 bridgehead atoms. The highest BCUT2D eigenvalue weighted by Gasteiger charge is 2.34. The number of thioether (sulfide) groups is 1. The highest BCUT2D eigenvalue weighted by atomic mass is 79.9. The van der Waals surface area contributed by atoms with E-state index in [1.54, 1.807) is 48.5 Å². The predicted octanol–water partition coefficient (Wildman–Crippen LogP) is 7.24. The van der Waals surface area contributed by atoms with Crippen molar-refractivity contribution in [1.29, 1.82) is 5.26 Å². The number of pyridine rings is 1. The number of methoxy groups -OCH3 is 1. The standard InChI is InChI=1S/C25H18BrF3N2O2S/c1-15-11-23(25(27,28)29)31-24(20(15)13-30)34-14-18-12-16(4-10-22(18)33-2)3-9-21(32)17-5-7-19(26)8-6-17/h3-12H,14H2,1-2H3/b9-3+. The summed E-state index contributed by atoms with van der Waals surface area (Å²) in [7, 11) is 1.49. The number of halogens is 4. The fraction of sp³-hybridized carbons (Fsp3) is 0.160. The van der Waals surface area contributed by atoms with E-state index in [0.29, 0.717) is 16.9 Å². The molecule has 0 radical (unpaired) electrons. The summed E-state index contributed by atoms with van der Waals surface area (Å²) in [6, 6.07) is 15.1. The number of carbonyl (C=O) groups is 1. The van der Waals surface area contributed by atoms with Crippen LogP contribution in [0.25, 0.3) is 6.08 Å². The zero-order valence-electron chi connectivity index (χ0n) is 18.1. The van der Waals surface area contributed by atoms with Gasteiger partial charge in [-0.3, -0.25) is 4.79 Å². The number of carbonyl (C=O) groups excluding carboxylic acids is 1. The van der Waals surface area contributed by atoms with Crippen LogP contribution in [0.3, 0.4) is 0 Å². The van der Waals surface area contributed by atoms with Crippen molar-refractivity contribution in [2.75, 3.05) is 7.11 Å². The Morgan fingerprint density at radius 1 is 1.21 bits per heavy atom. The van der Waals surface area contributed by atoms with E-state index in [2.05, 4.69) is 20.9 Å². The molecular formula is C25H18BrF3N2O2S. The topological polar surface area (TPSA) is 63.0 Å². The first-order valence-electron chi connectivity index (χ1n) is 9.89. The number of hydrogen-bond acceptors (Lipinski definition) is 5. The minimum absolute atomic E-state index is 0.00300. The van der Waals surface area contributed by atoms with E-state index in [9.17, 15) is 23.2 Å². The minimum atomic E-state index is -4.61. The SMILES string of the molecule is COc1ccc(/C=C/C(=O)c2ccc(Br)cc2)cc1CSc1nc(C(F)(F)F)cc(C)c1C#N. The number of benzene rings is 2. The van der Waals surface area contributed by atoms with Gasteiger partial charge in [-0.2, -0.15) is 18.4 Å². The first-order chi connectivity index (χ1) is 16.1. The summed E-state index contributed by atoms with van der Waals surface area (Å²) in [4.78, 5) is 16.1. The fourth-order valence-electron chi connectivity index (χ4n) is 3.07. The third-order valence-electron chi connectivity index (χ3n) is 4.81. The summed E-state index contributed by atoms with van der Waals surface area (Å²) in [5, 5.41) is 9.42. The molecule has 0 aliphatic heterocycles. The van der Waals surface area contributed by atoms with Crippen LogP contribution < -0.4 is 4.74 Å². The molecule has 0 atom stereocenters. The lowest BCUT2D eigenvalue weighted by molar-refractivity contribution is -0.141. The van der Waals surface area contributed by atoms with Gasteiger partial charge in [0.1, 0.15) is 22.5 Å². The first kappa shape index (κ1) is 25.5. The molecule has 0 aliphatic carbocycles. The van der Waals surface area contributed by atoms with Crippen LogP contribution in [-0.2, 0) is 11.9 Å². The lowest BCUT2D eigenvalue weighted by Crippen LogP contribution is -2.10. The molecular weight excluding hydrogens is 529 g/mol. The number of hydrogen-bond donors (Lipinski definition) is 0. The Hall–Kier alpha value is -3.09. The van der Waals surface area contributed by atoms with Crippen LogP contribution in [0.2, 0.25) is 0 Å². The third kappa shape index (κ3) is 6.27. The van der Waals surface area contributed by atoms with Gasteiger partial charge in [-0.25, -0.2) is 4.98 Å². The van der Waals surface area contributed by atoms with Gasteiger partial charge in [0.05, 0.1) is 12.7 Å². The summed E-state index contributed by atoms with van der Waals surface area (Å²) in [5.74, 6) is 0.584. The molecule has 0 amide bonds. The lowest BCUT2D eigenvalue weighted by atomic mass is 10.1. The van der Waals surface area contributed by atoms with Crippen molar-refractivity contribution in [3.05, 3.63) is 92.6 Å². The number of aryl methyl sites for hydroxylation is 1. The van der Waals surface area contributed by atoms with Gasteiger partial charge in [0, 0.05) is 21.4 Å². The predicted molar refractivity (Wildman–Crippen MR) is 129 cm³/mol. The molecule has 0 saturated heterocycles. The molecule has 34 heavy (non-hydrogen) atoms. The van der Waals surface area contributed by atoms with Gasteiger partial charge < -0.3 is 4.74 Å². The fourth-order valence-corrected chi connectivity index (χ4v) is 4.37. The molecule has 3 aromatic rings. The summed E-state index contributed by atoms with van der Waals surface area (Å²) >= 11 is 4.35. The van der Waals surface area contributed by atoms with E-state index in [4.69, 9.17) is 4.74 Å². The van der Waals surface area contributed by atoms with E-state index >= 15 is 0 Å². The molecule has 0 unspecified atom stereocenters. The second-order valence-electron chi connectivity index (χ2n) is 7.18. The molecule has 0 fully saturated rings. The molecule has 0 saturated carbocycles. The normalized spacial score (nSPS) is 11.4. The van der Waals surface area contributed by atoms with Crippen molar-refractivity contribution in [2.45, 2.75) is 23.9 Å². The largest absolute Gasteiger partial charge is 0.496 e. The molecule has 0 spiro atoms. The Balaban J connectivity index is 1.85. The lowest BCUT2D eigenvalue weighted by Gasteiger charge is -2.13. The average Bonchev–Trinajstić information content (AvgIpc) is 2.80. The van der Waals surface area contributed by atoms with E-state index < -0.39 is 11.9 Å². The maximum atomic E-state index is 13.2. The van der Waals surface area contributed by atoms with Gasteiger partial charge in [0.2, 0.25) is 0 Å². The van der Waals surface area contributed by atoms with Crippen molar-refractivity contribution in [2.24, 2.45) is 0 Å². The van der Waals surface area contributed by atoms with Crippen LogP contribution >= 0.6 is 27.7 Å². The highest BCUT2D eigenvalue weighted by molar-refractivity contribution is 9.10. The molecule has 0 N–H and O–H groups in total. The number of nitrogens with zero attached hydrogens (tertiary/aromatic N) is 2. The van der Waals surface area contributed by atoms with Crippen molar-refractivity contribution in [1.82, 2.24) is 4.98 Å². The molecule has 0 aliphatic rings. The molecule has 3 rings (SSSR count). The molecule has 4 nitrogen and oxygen atoms in total. The smallest absolute Gasteiger partial charge is 0.433 e. The Kier molecular flexibility index (Phi) is 8.18. The van der Waals surface area contributed by atoms with Crippen LogP contribution in [0.4, 0.5) is 13.2 Å². The summed E-state index contributed by atoms with van der Waals surface area (Å²) in [6.45, 7) is 1.45. The maximum Gasteiger partial charge on any atom is 0.433 e.